The quantitative estimate of drug-likeness (QED) is 0.456. The van der Waals surface area contributed by atoms with Gasteiger partial charge in [0.15, 0.2) is 0 Å². The van der Waals surface area contributed by atoms with Crippen LogP contribution >= 0.6 is 34.8 Å². The highest BCUT2D eigenvalue weighted by Crippen LogP contribution is 2.07. The van der Waals surface area contributed by atoms with Gasteiger partial charge >= 0.3 is 0 Å². The Balaban J connectivity index is 3.83. The van der Waals surface area contributed by atoms with Crippen molar-refractivity contribution in [3.63, 3.8) is 0 Å². The summed E-state index contributed by atoms with van der Waals surface area (Å²) in [5.74, 6) is 0.511. The molecule has 0 nitrogen and oxygen atoms in total. The molecule has 0 atom stereocenters. The second-order valence-electron chi connectivity index (χ2n) is 1.60. The van der Waals surface area contributed by atoms with Crippen molar-refractivity contribution in [2.75, 3.05) is 5.88 Å². The molecular weight excluding hydrogens is 178 g/mol. The topological polar surface area (TPSA) is 0 Å². The minimum absolute atomic E-state index is 0.250. The maximum atomic E-state index is 5.45. The molecule has 0 N–H and O–H groups in total. The van der Waals surface area contributed by atoms with Crippen LogP contribution < -0.4 is 0 Å². The lowest BCUT2D eigenvalue weighted by atomic mass is 10.3. The first kappa shape index (κ1) is 9.35. The van der Waals surface area contributed by atoms with E-state index in [4.69, 9.17) is 34.8 Å². The van der Waals surface area contributed by atoms with Crippen molar-refractivity contribution < 1.29 is 0 Å². The van der Waals surface area contributed by atoms with Gasteiger partial charge in [0.25, 0.3) is 0 Å². The van der Waals surface area contributed by atoms with E-state index in [-0.39, 0.29) is 4.49 Å². The molecule has 0 saturated heterocycles. The van der Waals surface area contributed by atoms with E-state index in [0.29, 0.717) is 5.88 Å². The Kier molecular flexibility index (Phi) is 5.36. The molecule has 0 saturated carbocycles. The van der Waals surface area contributed by atoms with E-state index in [0.717, 1.165) is 5.57 Å². The Labute approximate surface area is 70.1 Å². The summed E-state index contributed by atoms with van der Waals surface area (Å²) < 4.78 is 0.250. The van der Waals surface area contributed by atoms with Crippen LogP contribution in [0, 0.1) is 0 Å². The Morgan fingerprint density at radius 1 is 1.33 bits per heavy atom. The van der Waals surface area contributed by atoms with Crippen molar-refractivity contribution in [3.05, 3.63) is 22.2 Å². The van der Waals surface area contributed by atoms with Crippen LogP contribution in [0.5, 0.6) is 0 Å². The zero-order valence-electron chi connectivity index (χ0n) is 5.00. The van der Waals surface area contributed by atoms with Gasteiger partial charge in [-0.3, -0.25) is 0 Å². The second kappa shape index (κ2) is 5.16. The Morgan fingerprint density at radius 3 is 2.22 bits per heavy atom. The third-order valence-corrected chi connectivity index (χ3v) is 1.38. The van der Waals surface area contributed by atoms with Crippen molar-refractivity contribution in [3.8, 4) is 0 Å². The first-order valence-corrected chi connectivity index (χ1v) is 3.70. The van der Waals surface area contributed by atoms with Crippen LogP contribution in [0.25, 0.3) is 0 Å². The predicted molar refractivity (Wildman–Crippen MR) is 44.3 cm³/mol. The zero-order chi connectivity index (χ0) is 7.28. The number of halogens is 3. The number of rotatable bonds is 2. The van der Waals surface area contributed by atoms with E-state index in [1.165, 1.54) is 0 Å². The average Bonchev–Trinajstić information content (AvgIpc) is 1.83. The largest absolute Gasteiger partial charge is 0.122 e. The highest BCUT2D eigenvalue weighted by molar-refractivity contribution is 6.55. The molecule has 0 aliphatic heterocycles. The van der Waals surface area contributed by atoms with Gasteiger partial charge in [-0.15, -0.1) is 11.6 Å². The summed E-state index contributed by atoms with van der Waals surface area (Å²) in [6.07, 6.45) is 3.38. The van der Waals surface area contributed by atoms with Gasteiger partial charge in [0.1, 0.15) is 4.49 Å². The monoisotopic (exact) mass is 184 g/mol. The highest BCUT2D eigenvalue weighted by atomic mass is 35.5. The summed E-state index contributed by atoms with van der Waals surface area (Å²) in [5.41, 5.74) is 1.04. The maximum absolute atomic E-state index is 5.45. The number of hydrogen-bond acceptors (Lipinski definition) is 0. The van der Waals surface area contributed by atoms with Crippen molar-refractivity contribution in [1.82, 2.24) is 0 Å². The minimum Gasteiger partial charge on any atom is -0.122 e. The lowest BCUT2D eigenvalue weighted by Gasteiger charge is -1.86. The predicted octanol–water partition coefficient (Wildman–Crippen LogP) is 3.49. The molecule has 52 valence electrons. The number of allylic oxidation sites excluding steroid dienone is 3. The summed E-state index contributed by atoms with van der Waals surface area (Å²) in [5, 5.41) is 0. The van der Waals surface area contributed by atoms with Gasteiger partial charge in [0.2, 0.25) is 0 Å². The summed E-state index contributed by atoms with van der Waals surface area (Å²) in [6, 6.07) is 0. The van der Waals surface area contributed by atoms with Gasteiger partial charge in [0, 0.05) is 5.88 Å². The summed E-state index contributed by atoms with van der Waals surface area (Å²) in [6.45, 7) is 1.90. The number of alkyl halides is 1. The van der Waals surface area contributed by atoms with E-state index in [9.17, 15) is 0 Å². The molecule has 0 aromatic carbocycles. The molecule has 0 radical (unpaired) electrons. The minimum atomic E-state index is 0.250. The molecule has 0 aliphatic rings. The molecule has 0 aromatic rings. The molecule has 0 spiro atoms. The van der Waals surface area contributed by atoms with E-state index >= 15 is 0 Å². The second-order valence-corrected chi connectivity index (χ2v) is 2.88. The molecule has 0 amide bonds. The molecule has 0 aliphatic carbocycles. The van der Waals surface area contributed by atoms with Crippen LogP contribution in [0.4, 0.5) is 0 Å². The molecule has 0 aromatic heterocycles. The smallest absolute Gasteiger partial charge is 0.106 e. The summed E-state index contributed by atoms with van der Waals surface area (Å²) in [7, 11) is 0. The lowest BCUT2D eigenvalue weighted by molar-refractivity contribution is 1.40. The van der Waals surface area contributed by atoms with E-state index in [1.807, 2.05) is 6.92 Å². The molecule has 0 fully saturated rings. The first-order valence-electron chi connectivity index (χ1n) is 2.41. The van der Waals surface area contributed by atoms with Crippen LogP contribution in [0.2, 0.25) is 0 Å². The Morgan fingerprint density at radius 2 is 1.89 bits per heavy atom. The van der Waals surface area contributed by atoms with Gasteiger partial charge in [-0.1, -0.05) is 34.9 Å². The highest BCUT2D eigenvalue weighted by Gasteiger charge is 1.82. The van der Waals surface area contributed by atoms with Crippen LogP contribution in [0.15, 0.2) is 22.2 Å². The lowest BCUT2D eigenvalue weighted by Crippen LogP contribution is -1.72. The molecule has 0 heterocycles. The molecule has 0 bridgehead atoms. The van der Waals surface area contributed by atoms with Gasteiger partial charge in [-0.05, 0) is 13.0 Å². The standard InChI is InChI=1S/C6H7Cl3/c1-5(4-7)2-3-6(8)9/h2-3H,4H2,1H3/b5-2+. The van der Waals surface area contributed by atoms with Crippen molar-refractivity contribution in [2.45, 2.75) is 6.92 Å². The van der Waals surface area contributed by atoms with Gasteiger partial charge in [-0.25, -0.2) is 0 Å². The molecule has 3 heteroatoms. The Hall–Kier alpha value is 0.350. The summed E-state index contributed by atoms with van der Waals surface area (Å²) in [4.78, 5) is 0. The van der Waals surface area contributed by atoms with Gasteiger partial charge in [-0.2, -0.15) is 0 Å². The fraction of sp³-hybridized carbons (Fsp3) is 0.333. The van der Waals surface area contributed by atoms with Crippen LogP contribution in [-0.4, -0.2) is 5.88 Å². The molecule has 0 unspecified atom stereocenters. The van der Waals surface area contributed by atoms with Gasteiger partial charge < -0.3 is 0 Å². The molecule has 0 rings (SSSR count). The van der Waals surface area contributed by atoms with E-state index < -0.39 is 0 Å². The SMILES string of the molecule is C/C(=C\C=C(Cl)Cl)CCl. The third kappa shape index (κ3) is 6.23. The maximum Gasteiger partial charge on any atom is 0.106 e. The van der Waals surface area contributed by atoms with E-state index in [1.54, 1.807) is 12.2 Å². The first-order chi connectivity index (χ1) is 4.16. The van der Waals surface area contributed by atoms with E-state index in [2.05, 4.69) is 0 Å². The van der Waals surface area contributed by atoms with Crippen molar-refractivity contribution >= 4 is 34.8 Å². The van der Waals surface area contributed by atoms with Crippen molar-refractivity contribution in [1.29, 1.82) is 0 Å². The zero-order valence-corrected chi connectivity index (χ0v) is 7.26. The molecule has 9 heavy (non-hydrogen) atoms. The number of hydrogen-bond donors (Lipinski definition) is 0. The van der Waals surface area contributed by atoms with Crippen LogP contribution in [-0.2, 0) is 0 Å². The normalized spacial score (nSPS) is 11.3. The van der Waals surface area contributed by atoms with Crippen LogP contribution in [0.3, 0.4) is 0 Å². The van der Waals surface area contributed by atoms with Gasteiger partial charge in [0.05, 0.1) is 0 Å². The fourth-order valence-electron chi connectivity index (χ4n) is 0.250. The third-order valence-electron chi connectivity index (χ3n) is 0.705. The summed E-state index contributed by atoms with van der Waals surface area (Å²) >= 11 is 16.1. The fourth-order valence-corrected chi connectivity index (χ4v) is 0.465. The van der Waals surface area contributed by atoms with Crippen LogP contribution in [0.1, 0.15) is 6.92 Å². The van der Waals surface area contributed by atoms with Crippen molar-refractivity contribution in [2.24, 2.45) is 0 Å². The molecular formula is C6H7Cl3. The Bertz CT molecular complexity index is 131. The average molecular weight is 185 g/mol.